The first kappa shape index (κ1) is 19.1. The molecular formula is C22H28N3O2+. The molecule has 1 heterocycles. The van der Waals surface area contributed by atoms with E-state index in [9.17, 15) is 9.59 Å². The Kier molecular flexibility index (Phi) is 5.91. The Morgan fingerprint density at radius 1 is 1.11 bits per heavy atom. The van der Waals surface area contributed by atoms with E-state index in [1.54, 1.807) is 0 Å². The summed E-state index contributed by atoms with van der Waals surface area (Å²) in [4.78, 5) is 28.0. The van der Waals surface area contributed by atoms with Gasteiger partial charge in [-0.15, -0.1) is 0 Å². The number of carbonyl (C=O) groups excluding carboxylic acids is 2. The van der Waals surface area contributed by atoms with Gasteiger partial charge in [0.1, 0.15) is 0 Å². The van der Waals surface area contributed by atoms with Crippen molar-refractivity contribution in [2.75, 3.05) is 25.5 Å². The van der Waals surface area contributed by atoms with Crippen molar-refractivity contribution >= 4 is 17.5 Å². The minimum Gasteiger partial charge on any atom is -0.333 e. The van der Waals surface area contributed by atoms with Crippen LogP contribution >= 0.6 is 0 Å². The first-order valence-corrected chi connectivity index (χ1v) is 9.48. The third-order valence-corrected chi connectivity index (χ3v) is 5.33. The van der Waals surface area contributed by atoms with Crippen LogP contribution in [0.25, 0.3) is 0 Å². The van der Waals surface area contributed by atoms with E-state index in [0.717, 1.165) is 29.1 Å². The van der Waals surface area contributed by atoms with Crippen LogP contribution in [0.4, 0.5) is 5.69 Å². The number of hydrogen-bond acceptors (Lipinski definition) is 2. The minimum absolute atomic E-state index is 0.0833. The maximum Gasteiger partial charge on any atom is 0.280 e. The zero-order chi connectivity index (χ0) is 19.4. The Bertz CT molecular complexity index is 817. The van der Waals surface area contributed by atoms with Crippen LogP contribution in [0, 0.1) is 6.92 Å². The number of nitrogens with zero attached hydrogens (tertiary/aromatic N) is 1. The first-order valence-electron chi connectivity index (χ1n) is 9.48. The lowest BCUT2D eigenvalue weighted by Crippen LogP contribution is -3.15. The molecule has 0 bridgehead atoms. The molecule has 1 aliphatic heterocycles. The summed E-state index contributed by atoms with van der Waals surface area (Å²) in [7, 11) is 1.90. The van der Waals surface area contributed by atoms with Crippen molar-refractivity contribution in [2.45, 2.75) is 32.9 Å². The zero-order valence-electron chi connectivity index (χ0n) is 16.3. The number of rotatable bonds is 5. The molecule has 5 heteroatoms. The standard InChI is InChI=1S/C22H27N3O2/c1-16-8-10-20(11-9-16)23-21(26)15-24(3)17(2)22(27)25-13-12-18-6-4-5-7-19(18)14-25/h4-11,17H,12-15H2,1-3H3,(H,23,26)/p+1/t17-/m0/s1. The number of amides is 2. The van der Waals surface area contributed by atoms with Gasteiger partial charge in [-0.1, -0.05) is 42.0 Å². The highest BCUT2D eigenvalue weighted by Crippen LogP contribution is 2.18. The predicted molar refractivity (Wildman–Crippen MR) is 107 cm³/mol. The van der Waals surface area contributed by atoms with Gasteiger partial charge in [0, 0.05) is 18.8 Å². The van der Waals surface area contributed by atoms with Gasteiger partial charge in [0.15, 0.2) is 12.6 Å². The van der Waals surface area contributed by atoms with Gasteiger partial charge in [-0.3, -0.25) is 9.59 Å². The van der Waals surface area contributed by atoms with Gasteiger partial charge < -0.3 is 15.1 Å². The molecule has 2 amide bonds. The SMILES string of the molecule is Cc1ccc(NC(=O)C[NH+](C)[C@@H](C)C(=O)N2CCc3ccccc3C2)cc1. The quantitative estimate of drug-likeness (QED) is 0.841. The van der Waals surface area contributed by atoms with Crippen molar-refractivity contribution in [3.63, 3.8) is 0 Å². The van der Waals surface area contributed by atoms with E-state index in [-0.39, 0.29) is 24.4 Å². The van der Waals surface area contributed by atoms with Crippen LogP contribution in [0.3, 0.4) is 0 Å². The number of anilines is 1. The van der Waals surface area contributed by atoms with Gasteiger partial charge in [-0.05, 0) is 43.5 Å². The molecule has 2 atom stereocenters. The third kappa shape index (κ3) is 4.74. The molecule has 0 saturated carbocycles. The Morgan fingerprint density at radius 2 is 1.78 bits per heavy atom. The molecule has 0 fully saturated rings. The smallest absolute Gasteiger partial charge is 0.280 e. The fourth-order valence-electron chi connectivity index (χ4n) is 3.42. The molecule has 5 nitrogen and oxygen atoms in total. The molecule has 3 rings (SSSR count). The van der Waals surface area contributed by atoms with E-state index in [4.69, 9.17) is 0 Å². The summed E-state index contributed by atoms with van der Waals surface area (Å²) in [5.41, 5.74) is 4.48. The van der Waals surface area contributed by atoms with Gasteiger partial charge in [0.2, 0.25) is 0 Å². The number of hydrogen-bond donors (Lipinski definition) is 2. The molecule has 0 radical (unpaired) electrons. The van der Waals surface area contributed by atoms with Gasteiger partial charge >= 0.3 is 0 Å². The van der Waals surface area contributed by atoms with Gasteiger partial charge in [0.05, 0.1) is 7.05 Å². The monoisotopic (exact) mass is 366 g/mol. The first-order chi connectivity index (χ1) is 12.9. The molecule has 0 spiro atoms. The Labute approximate surface area is 161 Å². The summed E-state index contributed by atoms with van der Waals surface area (Å²) in [5.74, 6) is 0.0186. The number of carbonyl (C=O) groups is 2. The van der Waals surface area contributed by atoms with E-state index in [2.05, 4.69) is 17.4 Å². The van der Waals surface area contributed by atoms with E-state index in [1.807, 2.05) is 62.2 Å². The highest BCUT2D eigenvalue weighted by molar-refractivity contribution is 5.91. The van der Waals surface area contributed by atoms with E-state index >= 15 is 0 Å². The average molecular weight is 366 g/mol. The molecule has 0 aliphatic carbocycles. The summed E-state index contributed by atoms with van der Waals surface area (Å²) in [6.45, 7) is 5.56. The molecule has 27 heavy (non-hydrogen) atoms. The summed E-state index contributed by atoms with van der Waals surface area (Å²) in [6.07, 6.45) is 0.890. The number of quaternary nitrogens is 1. The largest absolute Gasteiger partial charge is 0.333 e. The second kappa shape index (κ2) is 8.35. The van der Waals surface area contributed by atoms with Crippen molar-refractivity contribution in [3.05, 3.63) is 65.2 Å². The van der Waals surface area contributed by atoms with E-state index < -0.39 is 0 Å². The van der Waals surface area contributed by atoms with Crippen LogP contribution in [0.2, 0.25) is 0 Å². The maximum atomic E-state index is 12.9. The second-order valence-corrected chi connectivity index (χ2v) is 7.44. The van der Waals surface area contributed by atoms with Crippen LogP contribution in [-0.2, 0) is 22.6 Å². The highest BCUT2D eigenvalue weighted by atomic mass is 16.2. The van der Waals surface area contributed by atoms with E-state index in [1.165, 1.54) is 11.1 Å². The summed E-state index contributed by atoms with van der Waals surface area (Å²) >= 11 is 0. The molecule has 0 saturated heterocycles. The number of fused-ring (bicyclic) bond motifs is 1. The molecule has 1 unspecified atom stereocenters. The molecule has 0 aromatic heterocycles. The minimum atomic E-state index is -0.265. The van der Waals surface area contributed by atoms with Crippen molar-refractivity contribution in [3.8, 4) is 0 Å². The van der Waals surface area contributed by atoms with Crippen LogP contribution in [0.1, 0.15) is 23.6 Å². The zero-order valence-corrected chi connectivity index (χ0v) is 16.3. The molecule has 2 aromatic rings. The maximum absolute atomic E-state index is 12.9. The van der Waals surface area contributed by atoms with Crippen molar-refractivity contribution in [1.82, 2.24) is 4.90 Å². The lowest BCUT2D eigenvalue weighted by atomic mass is 9.99. The third-order valence-electron chi connectivity index (χ3n) is 5.33. The van der Waals surface area contributed by atoms with Crippen LogP contribution in [-0.4, -0.2) is 42.9 Å². The number of aryl methyl sites for hydroxylation is 1. The number of benzene rings is 2. The normalized spacial score (nSPS) is 15.6. The summed E-state index contributed by atoms with van der Waals surface area (Å²) < 4.78 is 0. The second-order valence-electron chi connectivity index (χ2n) is 7.44. The highest BCUT2D eigenvalue weighted by Gasteiger charge is 2.30. The lowest BCUT2D eigenvalue weighted by molar-refractivity contribution is -0.886. The Balaban J connectivity index is 1.55. The number of likely N-dealkylation sites (N-methyl/N-ethyl adjacent to an activating group) is 1. The molecular weight excluding hydrogens is 338 g/mol. The Hall–Kier alpha value is -2.66. The predicted octanol–water partition coefficient (Wildman–Crippen LogP) is 1.42. The summed E-state index contributed by atoms with van der Waals surface area (Å²) in [5, 5.41) is 2.90. The molecule has 1 aliphatic rings. The van der Waals surface area contributed by atoms with Gasteiger partial charge in [-0.25, -0.2) is 0 Å². The summed E-state index contributed by atoms with van der Waals surface area (Å²) in [6, 6.07) is 15.7. The van der Waals surface area contributed by atoms with Crippen molar-refractivity contribution in [1.29, 1.82) is 0 Å². The average Bonchev–Trinajstić information content (AvgIpc) is 2.68. The lowest BCUT2D eigenvalue weighted by Gasteiger charge is -2.32. The molecule has 142 valence electrons. The Morgan fingerprint density at radius 3 is 2.48 bits per heavy atom. The van der Waals surface area contributed by atoms with Crippen molar-refractivity contribution in [2.24, 2.45) is 0 Å². The van der Waals surface area contributed by atoms with Crippen LogP contribution in [0.5, 0.6) is 0 Å². The molecule has 2 N–H and O–H groups in total. The fourth-order valence-corrected chi connectivity index (χ4v) is 3.42. The molecule has 2 aromatic carbocycles. The fraction of sp³-hybridized carbons (Fsp3) is 0.364. The van der Waals surface area contributed by atoms with Crippen molar-refractivity contribution < 1.29 is 14.5 Å². The topological polar surface area (TPSA) is 53.9 Å². The van der Waals surface area contributed by atoms with Gasteiger partial charge in [-0.2, -0.15) is 0 Å². The van der Waals surface area contributed by atoms with Crippen LogP contribution < -0.4 is 10.2 Å². The van der Waals surface area contributed by atoms with Gasteiger partial charge in [0.25, 0.3) is 11.8 Å². The number of nitrogens with one attached hydrogen (secondary N) is 2. The van der Waals surface area contributed by atoms with E-state index in [0.29, 0.717) is 6.54 Å². The van der Waals surface area contributed by atoms with Crippen LogP contribution in [0.15, 0.2) is 48.5 Å².